The van der Waals surface area contributed by atoms with Crippen LogP contribution in [0.5, 0.6) is 0 Å². The first-order valence-corrected chi connectivity index (χ1v) is 3.04. The van der Waals surface area contributed by atoms with Crippen molar-refractivity contribution >= 4 is 12.0 Å². The SMILES string of the molecule is C=C/C=C\C=NCC(C)=O. The molecule has 0 radical (unpaired) electrons. The molecular formula is C8H11NO. The number of hydrogen-bond donors (Lipinski definition) is 0. The van der Waals surface area contributed by atoms with E-state index in [9.17, 15) is 4.79 Å². The van der Waals surface area contributed by atoms with Crippen LogP contribution < -0.4 is 0 Å². The van der Waals surface area contributed by atoms with Crippen molar-refractivity contribution in [2.75, 3.05) is 6.54 Å². The Kier molecular flexibility index (Phi) is 5.25. The van der Waals surface area contributed by atoms with Crippen molar-refractivity contribution in [1.82, 2.24) is 0 Å². The average molecular weight is 137 g/mol. The van der Waals surface area contributed by atoms with Crippen LogP contribution >= 0.6 is 0 Å². The van der Waals surface area contributed by atoms with Crippen molar-refractivity contribution in [2.24, 2.45) is 4.99 Å². The number of rotatable bonds is 4. The summed E-state index contributed by atoms with van der Waals surface area (Å²) in [6, 6.07) is 0. The van der Waals surface area contributed by atoms with Crippen molar-refractivity contribution in [3.8, 4) is 0 Å². The molecule has 0 rings (SSSR count). The third-order valence-corrected chi connectivity index (χ3v) is 0.753. The van der Waals surface area contributed by atoms with E-state index in [1.165, 1.54) is 6.92 Å². The quantitative estimate of drug-likeness (QED) is 0.425. The fraction of sp³-hybridized carbons (Fsp3) is 0.250. The van der Waals surface area contributed by atoms with Gasteiger partial charge in [-0.3, -0.25) is 9.79 Å². The highest BCUT2D eigenvalue weighted by atomic mass is 16.1. The Morgan fingerprint density at radius 2 is 2.30 bits per heavy atom. The van der Waals surface area contributed by atoms with E-state index in [0.717, 1.165) is 0 Å². The molecule has 0 bridgehead atoms. The monoisotopic (exact) mass is 137 g/mol. The molecule has 2 nitrogen and oxygen atoms in total. The number of hydrogen-bond acceptors (Lipinski definition) is 2. The lowest BCUT2D eigenvalue weighted by Crippen LogP contribution is -1.93. The Labute approximate surface area is 61.0 Å². The highest BCUT2D eigenvalue weighted by Crippen LogP contribution is 1.73. The summed E-state index contributed by atoms with van der Waals surface area (Å²) in [5.74, 6) is 0.0725. The highest BCUT2D eigenvalue weighted by Gasteiger charge is 1.83. The number of allylic oxidation sites excluding steroid dienone is 3. The zero-order valence-electron chi connectivity index (χ0n) is 6.08. The van der Waals surface area contributed by atoms with Gasteiger partial charge in [0, 0.05) is 6.21 Å². The van der Waals surface area contributed by atoms with Gasteiger partial charge in [-0.05, 0) is 13.0 Å². The van der Waals surface area contributed by atoms with E-state index in [1.807, 2.05) is 0 Å². The second-order valence-electron chi connectivity index (χ2n) is 1.81. The lowest BCUT2D eigenvalue weighted by molar-refractivity contribution is -0.115. The molecule has 0 spiro atoms. The maximum Gasteiger partial charge on any atom is 0.151 e. The topological polar surface area (TPSA) is 29.4 Å². The molecule has 0 atom stereocenters. The lowest BCUT2D eigenvalue weighted by atomic mass is 10.4. The minimum atomic E-state index is 0.0725. The van der Waals surface area contributed by atoms with Gasteiger partial charge >= 0.3 is 0 Å². The summed E-state index contributed by atoms with van der Waals surface area (Å²) in [5.41, 5.74) is 0. The second kappa shape index (κ2) is 5.95. The molecule has 10 heavy (non-hydrogen) atoms. The van der Waals surface area contributed by atoms with Crippen molar-refractivity contribution < 1.29 is 4.79 Å². The van der Waals surface area contributed by atoms with E-state index in [2.05, 4.69) is 11.6 Å². The molecule has 0 saturated carbocycles. The normalized spacial score (nSPS) is 10.9. The van der Waals surface area contributed by atoms with Gasteiger partial charge in [-0.2, -0.15) is 0 Å². The number of aliphatic imine (C=N–C) groups is 1. The summed E-state index contributed by atoms with van der Waals surface area (Å²) in [6.45, 7) is 5.25. The van der Waals surface area contributed by atoms with Crippen LogP contribution in [-0.2, 0) is 4.79 Å². The van der Waals surface area contributed by atoms with E-state index in [1.54, 1.807) is 24.4 Å². The third kappa shape index (κ3) is 6.82. The van der Waals surface area contributed by atoms with Crippen molar-refractivity contribution in [1.29, 1.82) is 0 Å². The molecule has 2 heteroatoms. The van der Waals surface area contributed by atoms with Gasteiger partial charge in [-0.25, -0.2) is 0 Å². The molecule has 0 heterocycles. The smallest absolute Gasteiger partial charge is 0.151 e. The standard InChI is InChI=1S/C8H11NO/c1-3-4-5-6-9-7-8(2)10/h3-6H,1,7H2,2H3/b5-4-,9-6?. The fourth-order valence-corrected chi connectivity index (χ4v) is 0.370. The summed E-state index contributed by atoms with van der Waals surface area (Å²) < 4.78 is 0. The first-order chi connectivity index (χ1) is 4.77. The van der Waals surface area contributed by atoms with E-state index in [4.69, 9.17) is 0 Å². The molecule has 0 aliphatic carbocycles. The fourth-order valence-electron chi connectivity index (χ4n) is 0.370. The molecule has 0 amide bonds. The number of carbonyl (C=O) groups excluding carboxylic acids is 1. The van der Waals surface area contributed by atoms with E-state index in [0.29, 0.717) is 0 Å². The second-order valence-corrected chi connectivity index (χ2v) is 1.81. The average Bonchev–Trinajstić information content (AvgIpc) is 1.87. The summed E-state index contributed by atoms with van der Waals surface area (Å²) in [4.78, 5) is 14.1. The predicted molar refractivity (Wildman–Crippen MR) is 43.4 cm³/mol. The number of ketones is 1. The lowest BCUT2D eigenvalue weighted by Gasteiger charge is -1.80. The van der Waals surface area contributed by atoms with Crippen LogP contribution in [0.1, 0.15) is 6.92 Å². The number of Topliss-reactive ketones (excluding diaryl/α,β-unsaturated/α-hetero) is 1. The molecule has 0 saturated heterocycles. The molecule has 54 valence electrons. The Morgan fingerprint density at radius 1 is 1.60 bits per heavy atom. The maximum atomic E-state index is 10.3. The van der Waals surface area contributed by atoms with Crippen molar-refractivity contribution in [3.05, 3.63) is 24.8 Å². The summed E-state index contributed by atoms with van der Waals surface area (Å²) in [7, 11) is 0. The molecule has 0 fully saturated rings. The molecule has 0 N–H and O–H groups in total. The van der Waals surface area contributed by atoms with Crippen LogP contribution in [-0.4, -0.2) is 18.5 Å². The molecule has 0 aromatic rings. The number of nitrogens with zero attached hydrogens (tertiary/aromatic N) is 1. The van der Waals surface area contributed by atoms with Gasteiger partial charge in [0.1, 0.15) is 0 Å². The molecule has 0 aromatic heterocycles. The van der Waals surface area contributed by atoms with E-state index < -0.39 is 0 Å². The van der Waals surface area contributed by atoms with Crippen LogP contribution in [0.15, 0.2) is 29.8 Å². The van der Waals surface area contributed by atoms with Gasteiger partial charge < -0.3 is 0 Å². The van der Waals surface area contributed by atoms with Gasteiger partial charge in [-0.15, -0.1) is 0 Å². The highest BCUT2D eigenvalue weighted by molar-refractivity contribution is 5.81. The molecule has 0 unspecified atom stereocenters. The van der Waals surface area contributed by atoms with Gasteiger partial charge in [0.2, 0.25) is 0 Å². The zero-order valence-corrected chi connectivity index (χ0v) is 6.08. The van der Waals surface area contributed by atoms with Gasteiger partial charge in [0.25, 0.3) is 0 Å². The molecule has 0 aliphatic heterocycles. The minimum Gasteiger partial charge on any atom is -0.298 e. The Morgan fingerprint density at radius 3 is 2.80 bits per heavy atom. The Bertz CT molecular complexity index is 168. The first-order valence-electron chi connectivity index (χ1n) is 3.04. The molecule has 0 aromatic carbocycles. The van der Waals surface area contributed by atoms with Crippen molar-refractivity contribution in [3.63, 3.8) is 0 Å². The molecule has 0 aliphatic rings. The largest absolute Gasteiger partial charge is 0.298 e. The Balaban J connectivity index is 3.46. The number of carbonyl (C=O) groups is 1. The summed E-state index contributed by atoms with van der Waals surface area (Å²) >= 11 is 0. The van der Waals surface area contributed by atoms with Crippen LogP contribution in [0.3, 0.4) is 0 Å². The van der Waals surface area contributed by atoms with Crippen LogP contribution in [0, 0.1) is 0 Å². The van der Waals surface area contributed by atoms with Crippen molar-refractivity contribution in [2.45, 2.75) is 6.92 Å². The van der Waals surface area contributed by atoms with E-state index >= 15 is 0 Å². The molecular weight excluding hydrogens is 126 g/mol. The predicted octanol–water partition coefficient (Wildman–Crippen LogP) is 1.39. The summed E-state index contributed by atoms with van der Waals surface area (Å²) in [5, 5.41) is 0. The van der Waals surface area contributed by atoms with Gasteiger partial charge in [-0.1, -0.05) is 18.7 Å². The van der Waals surface area contributed by atoms with Crippen LogP contribution in [0.2, 0.25) is 0 Å². The minimum absolute atomic E-state index is 0.0725. The van der Waals surface area contributed by atoms with E-state index in [-0.39, 0.29) is 12.3 Å². The van der Waals surface area contributed by atoms with Gasteiger partial charge in [0.05, 0.1) is 6.54 Å². The summed E-state index contributed by atoms with van der Waals surface area (Å²) in [6.07, 6.45) is 6.72. The first kappa shape index (κ1) is 8.82. The van der Waals surface area contributed by atoms with Gasteiger partial charge in [0.15, 0.2) is 5.78 Å². The Hall–Kier alpha value is -1.18. The van der Waals surface area contributed by atoms with Crippen LogP contribution in [0.4, 0.5) is 0 Å². The third-order valence-electron chi connectivity index (χ3n) is 0.753. The maximum absolute atomic E-state index is 10.3. The van der Waals surface area contributed by atoms with Crippen LogP contribution in [0.25, 0.3) is 0 Å². The zero-order chi connectivity index (χ0) is 7.82.